The molecule has 2 aromatic rings. The van der Waals surface area contributed by atoms with E-state index in [2.05, 4.69) is 15.9 Å². The van der Waals surface area contributed by atoms with Crippen molar-refractivity contribution in [2.75, 3.05) is 19.0 Å². The minimum Gasteiger partial charge on any atom is -0.377 e. The molecule has 0 aromatic heterocycles. The van der Waals surface area contributed by atoms with Gasteiger partial charge in [0.2, 0.25) is 0 Å². The second-order valence-electron chi connectivity index (χ2n) is 5.86. The molecular weight excluding hydrogens is 416 g/mol. The van der Waals surface area contributed by atoms with Crippen molar-refractivity contribution < 1.29 is 4.79 Å². The van der Waals surface area contributed by atoms with Crippen LogP contribution in [0.3, 0.4) is 0 Å². The molecule has 2 aromatic carbocycles. The number of carbonyl (C=O) groups is 1. The number of hydrogen-bond donors (Lipinski definition) is 0. The number of carbonyl (C=O) groups excluding carboxylic acids is 1. The van der Waals surface area contributed by atoms with Gasteiger partial charge in [-0.05, 0) is 45.3 Å². The molecule has 0 radical (unpaired) electrons. The number of rotatable bonds is 4. The number of nitrogens with zero attached hydrogens (tertiary/aromatic N) is 2. The van der Waals surface area contributed by atoms with E-state index in [9.17, 15) is 4.79 Å². The Bertz CT molecular complexity index is 850. The summed E-state index contributed by atoms with van der Waals surface area (Å²) in [5.41, 5.74) is 3.13. The van der Waals surface area contributed by atoms with Crippen molar-refractivity contribution in [2.24, 2.45) is 0 Å². The smallest absolute Gasteiger partial charge is 0.266 e. The number of benzene rings is 2. The van der Waals surface area contributed by atoms with Crippen molar-refractivity contribution in [1.29, 1.82) is 0 Å². The molecule has 1 fully saturated rings. The fraction of sp³-hybridized carbons (Fsp3) is 0.158. The molecule has 3 nitrogen and oxygen atoms in total. The zero-order valence-electron chi connectivity index (χ0n) is 13.9. The lowest BCUT2D eigenvalue weighted by Gasteiger charge is -2.15. The summed E-state index contributed by atoms with van der Waals surface area (Å²) in [5, 5.41) is 0. The first-order valence-corrected chi connectivity index (χ1v) is 9.73. The molecular formula is C19H17BrN2OS2. The maximum absolute atomic E-state index is 12.7. The van der Waals surface area contributed by atoms with Crippen LogP contribution in [-0.2, 0) is 11.3 Å². The van der Waals surface area contributed by atoms with E-state index in [1.54, 1.807) is 4.90 Å². The Labute approximate surface area is 165 Å². The van der Waals surface area contributed by atoms with Crippen molar-refractivity contribution >= 4 is 61.9 Å². The Hall–Kier alpha value is -1.63. The molecule has 1 aliphatic rings. The fourth-order valence-corrected chi connectivity index (χ4v) is 4.54. The van der Waals surface area contributed by atoms with E-state index in [1.807, 2.05) is 73.6 Å². The molecule has 6 heteroatoms. The second-order valence-corrected chi connectivity index (χ2v) is 8.39. The van der Waals surface area contributed by atoms with Gasteiger partial charge in [-0.15, -0.1) is 0 Å². The van der Waals surface area contributed by atoms with Crippen LogP contribution in [0.1, 0.15) is 11.1 Å². The molecule has 0 aliphatic carbocycles. The van der Waals surface area contributed by atoms with Gasteiger partial charge in [0.1, 0.15) is 4.32 Å². The molecule has 0 spiro atoms. The van der Waals surface area contributed by atoms with Gasteiger partial charge in [0, 0.05) is 18.6 Å². The van der Waals surface area contributed by atoms with Crippen LogP contribution in [0.4, 0.5) is 5.69 Å². The molecule has 0 N–H and O–H groups in total. The predicted octanol–water partition coefficient (Wildman–Crippen LogP) is 4.92. The van der Waals surface area contributed by atoms with Crippen LogP contribution in [0.5, 0.6) is 0 Å². The SMILES string of the molecule is CN(C)c1ccc(/C=C2/SC(=S)N(Cc3ccccc3)C2=O)cc1Br. The van der Waals surface area contributed by atoms with Crippen molar-refractivity contribution in [2.45, 2.75) is 6.54 Å². The molecule has 25 heavy (non-hydrogen) atoms. The van der Waals surface area contributed by atoms with Crippen molar-refractivity contribution in [1.82, 2.24) is 4.90 Å². The highest BCUT2D eigenvalue weighted by atomic mass is 79.9. The normalized spacial score (nSPS) is 16.0. The summed E-state index contributed by atoms with van der Waals surface area (Å²) in [7, 11) is 3.99. The maximum Gasteiger partial charge on any atom is 0.266 e. The summed E-state index contributed by atoms with van der Waals surface area (Å²) < 4.78 is 1.59. The van der Waals surface area contributed by atoms with Gasteiger partial charge in [0.25, 0.3) is 5.91 Å². The van der Waals surface area contributed by atoms with Crippen LogP contribution < -0.4 is 4.90 Å². The van der Waals surface area contributed by atoms with Gasteiger partial charge in [-0.3, -0.25) is 9.69 Å². The average Bonchev–Trinajstić information content (AvgIpc) is 2.83. The number of anilines is 1. The first-order chi connectivity index (χ1) is 12.0. The van der Waals surface area contributed by atoms with Crippen molar-refractivity contribution in [3.63, 3.8) is 0 Å². The van der Waals surface area contributed by atoms with Crippen molar-refractivity contribution in [3.8, 4) is 0 Å². The van der Waals surface area contributed by atoms with E-state index in [0.717, 1.165) is 21.3 Å². The predicted molar refractivity (Wildman–Crippen MR) is 114 cm³/mol. The van der Waals surface area contributed by atoms with E-state index in [-0.39, 0.29) is 5.91 Å². The standard InChI is InChI=1S/C19H17BrN2OS2/c1-21(2)16-9-8-14(10-15(16)20)11-17-18(23)22(19(24)25-17)12-13-6-4-3-5-7-13/h3-11H,12H2,1-2H3/b17-11+. The highest BCUT2D eigenvalue weighted by molar-refractivity contribution is 9.10. The van der Waals surface area contributed by atoms with E-state index >= 15 is 0 Å². The van der Waals surface area contributed by atoms with E-state index in [4.69, 9.17) is 12.2 Å². The summed E-state index contributed by atoms with van der Waals surface area (Å²) in [5.74, 6) is -0.0355. The Balaban J connectivity index is 1.82. The monoisotopic (exact) mass is 432 g/mol. The first kappa shape index (κ1) is 18.2. The first-order valence-electron chi connectivity index (χ1n) is 7.72. The summed E-state index contributed by atoms with van der Waals surface area (Å²) >= 11 is 10.3. The van der Waals surface area contributed by atoms with Gasteiger partial charge < -0.3 is 4.90 Å². The van der Waals surface area contributed by atoms with Crippen LogP contribution >= 0.6 is 39.9 Å². The summed E-state index contributed by atoms with van der Waals surface area (Å²) in [6.07, 6.45) is 1.90. The second kappa shape index (κ2) is 7.72. The van der Waals surface area contributed by atoms with Gasteiger partial charge in [-0.2, -0.15) is 0 Å². The van der Waals surface area contributed by atoms with E-state index < -0.39 is 0 Å². The molecule has 128 valence electrons. The largest absolute Gasteiger partial charge is 0.377 e. The van der Waals surface area contributed by atoms with Gasteiger partial charge in [-0.25, -0.2) is 0 Å². The number of thiocarbonyl (C=S) groups is 1. The number of thioether (sulfide) groups is 1. The van der Waals surface area contributed by atoms with Gasteiger partial charge in [-0.1, -0.05) is 60.4 Å². The highest BCUT2D eigenvalue weighted by Crippen LogP contribution is 2.34. The third-order valence-corrected chi connectivity index (χ3v) is 5.82. The summed E-state index contributed by atoms with van der Waals surface area (Å²) in [6, 6.07) is 15.9. The summed E-state index contributed by atoms with van der Waals surface area (Å²) in [4.78, 5) is 17.1. The van der Waals surface area contributed by atoms with Crippen LogP contribution in [0.2, 0.25) is 0 Å². The molecule has 1 saturated heterocycles. The Morgan fingerprint density at radius 2 is 1.92 bits per heavy atom. The van der Waals surface area contributed by atoms with Gasteiger partial charge >= 0.3 is 0 Å². The van der Waals surface area contributed by atoms with E-state index in [0.29, 0.717) is 15.8 Å². The third-order valence-electron chi connectivity index (χ3n) is 3.81. The van der Waals surface area contributed by atoms with Crippen molar-refractivity contribution in [3.05, 3.63) is 69.0 Å². The molecule has 1 amide bonds. The lowest BCUT2D eigenvalue weighted by Crippen LogP contribution is -2.27. The lowest BCUT2D eigenvalue weighted by molar-refractivity contribution is -0.122. The quantitative estimate of drug-likeness (QED) is 0.505. The van der Waals surface area contributed by atoms with E-state index in [1.165, 1.54) is 11.8 Å². The Kier molecular flexibility index (Phi) is 5.61. The molecule has 1 aliphatic heterocycles. The molecule has 3 rings (SSSR count). The maximum atomic E-state index is 12.7. The molecule has 0 bridgehead atoms. The highest BCUT2D eigenvalue weighted by Gasteiger charge is 2.31. The third kappa shape index (κ3) is 4.14. The number of hydrogen-bond acceptors (Lipinski definition) is 4. The topological polar surface area (TPSA) is 23.6 Å². The van der Waals surface area contributed by atoms with Crippen LogP contribution in [0.15, 0.2) is 57.9 Å². The van der Waals surface area contributed by atoms with Crippen LogP contribution in [-0.4, -0.2) is 29.2 Å². The molecule has 0 atom stereocenters. The zero-order chi connectivity index (χ0) is 18.0. The van der Waals surface area contributed by atoms with Crippen LogP contribution in [0, 0.1) is 0 Å². The van der Waals surface area contributed by atoms with Gasteiger partial charge in [0.15, 0.2) is 0 Å². The fourth-order valence-electron chi connectivity index (χ4n) is 2.53. The number of halogens is 1. The molecule has 0 saturated carbocycles. The van der Waals surface area contributed by atoms with Crippen LogP contribution in [0.25, 0.3) is 6.08 Å². The zero-order valence-corrected chi connectivity index (χ0v) is 17.1. The minimum atomic E-state index is -0.0355. The van der Waals surface area contributed by atoms with Gasteiger partial charge in [0.05, 0.1) is 17.1 Å². The Morgan fingerprint density at radius 3 is 2.56 bits per heavy atom. The number of amides is 1. The average molecular weight is 433 g/mol. The molecule has 1 heterocycles. The minimum absolute atomic E-state index is 0.0355. The lowest BCUT2D eigenvalue weighted by atomic mass is 10.1. The Morgan fingerprint density at radius 1 is 1.20 bits per heavy atom. The molecule has 0 unspecified atom stereocenters. The summed E-state index contributed by atoms with van der Waals surface area (Å²) in [6.45, 7) is 0.506.